The highest BCUT2D eigenvalue weighted by atomic mass is 16.3. The van der Waals surface area contributed by atoms with Crippen LogP contribution in [0.5, 0.6) is 5.75 Å². The molecular formula is C25H22N2O7. The monoisotopic (exact) mass is 462 g/mol. The maximum atomic E-state index is 13.4. The molecule has 9 nitrogen and oxygen atoms in total. The van der Waals surface area contributed by atoms with Gasteiger partial charge < -0.3 is 26.2 Å². The summed E-state index contributed by atoms with van der Waals surface area (Å²) in [5, 5.41) is 51.9. The van der Waals surface area contributed by atoms with Gasteiger partial charge in [0.05, 0.1) is 11.6 Å². The number of phenols is 1. The van der Waals surface area contributed by atoms with Gasteiger partial charge in [-0.2, -0.15) is 5.26 Å². The number of rotatable bonds is 3. The molecule has 3 unspecified atom stereocenters. The first-order valence-electron chi connectivity index (χ1n) is 10.8. The number of amides is 1. The number of unbranched alkanes of at least 4 members (excludes halogenated alkanes) is 2. The van der Waals surface area contributed by atoms with Gasteiger partial charge in [0.1, 0.15) is 22.8 Å². The molecule has 0 spiro atoms. The Kier molecular flexibility index (Phi) is 5.68. The van der Waals surface area contributed by atoms with Crippen molar-refractivity contribution in [2.45, 2.75) is 44.1 Å². The molecule has 1 saturated carbocycles. The van der Waals surface area contributed by atoms with Gasteiger partial charge in [0, 0.05) is 36.3 Å². The number of fused-ring (bicyclic) bond motifs is 3. The van der Waals surface area contributed by atoms with Gasteiger partial charge in [0.15, 0.2) is 11.4 Å². The van der Waals surface area contributed by atoms with Crippen molar-refractivity contribution >= 4 is 23.2 Å². The first kappa shape index (κ1) is 23.1. The Morgan fingerprint density at radius 1 is 1.18 bits per heavy atom. The van der Waals surface area contributed by atoms with Crippen molar-refractivity contribution in [3.8, 4) is 23.7 Å². The number of benzene rings is 1. The fourth-order valence-corrected chi connectivity index (χ4v) is 5.15. The van der Waals surface area contributed by atoms with Gasteiger partial charge in [-0.25, -0.2) is 0 Å². The van der Waals surface area contributed by atoms with Crippen molar-refractivity contribution < 1.29 is 34.8 Å². The maximum absolute atomic E-state index is 13.4. The number of hydrogen-bond acceptors (Lipinski definition) is 8. The van der Waals surface area contributed by atoms with Gasteiger partial charge in [0.25, 0.3) is 5.91 Å². The Balaban J connectivity index is 1.82. The normalized spacial score (nSPS) is 25.5. The molecule has 1 fully saturated rings. The highest BCUT2D eigenvalue weighted by Gasteiger charge is 2.60. The summed E-state index contributed by atoms with van der Waals surface area (Å²) < 4.78 is 0. The Bertz CT molecular complexity index is 1300. The summed E-state index contributed by atoms with van der Waals surface area (Å²) in [5.41, 5.74) is 2.67. The third-order valence-electron chi connectivity index (χ3n) is 6.76. The van der Waals surface area contributed by atoms with Crippen LogP contribution in [0, 0.1) is 35.0 Å². The molecule has 1 aromatic rings. The molecule has 3 aliphatic carbocycles. The number of hydrogen-bond donors (Lipinski definition) is 5. The first-order chi connectivity index (χ1) is 16.1. The minimum absolute atomic E-state index is 0.0101. The number of aliphatic hydroxyl groups excluding tert-OH is 2. The number of ketones is 2. The number of nitriles is 1. The van der Waals surface area contributed by atoms with Crippen molar-refractivity contribution in [1.29, 1.82) is 5.26 Å². The fraction of sp³-hybridized carbons (Fsp3) is 0.360. The fourth-order valence-electron chi connectivity index (χ4n) is 5.15. The van der Waals surface area contributed by atoms with Gasteiger partial charge in [-0.05, 0) is 42.9 Å². The van der Waals surface area contributed by atoms with E-state index in [1.54, 1.807) is 6.07 Å². The number of carbonyl (C=O) groups is 3. The lowest BCUT2D eigenvalue weighted by Crippen LogP contribution is -2.58. The van der Waals surface area contributed by atoms with E-state index in [0.29, 0.717) is 30.4 Å². The number of aromatic hydroxyl groups is 1. The van der Waals surface area contributed by atoms with Crippen molar-refractivity contribution in [2.75, 3.05) is 0 Å². The van der Waals surface area contributed by atoms with Crippen molar-refractivity contribution in [2.24, 2.45) is 17.6 Å². The van der Waals surface area contributed by atoms with Crippen LogP contribution in [0.3, 0.4) is 0 Å². The van der Waals surface area contributed by atoms with E-state index in [1.807, 2.05) is 6.07 Å². The van der Waals surface area contributed by atoms with Crippen molar-refractivity contribution in [3.63, 3.8) is 0 Å². The average molecular weight is 462 g/mol. The lowest BCUT2D eigenvalue weighted by molar-refractivity contribution is -0.147. The predicted molar refractivity (Wildman–Crippen MR) is 118 cm³/mol. The Labute approximate surface area is 194 Å². The second-order valence-electron chi connectivity index (χ2n) is 8.71. The summed E-state index contributed by atoms with van der Waals surface area (Å²) in [4.78, 5) is 37.5. The van der Waals surface area contributed by atoms with Crippen LogP contribution in [0.4, 0.5) is 0 Å². The van der Waals surface area contributed by atoms with Crippen LogP contribution in [-0.4, -0.2) is 43.5 Å². The summed E-state index contributed by atoms with van der Waals surface area (Å²) >= 11 is 0. The zero-order chi connectivity index (χ0) is 24.8. The molecule has 0 radical (unpaired) electrons. The van der Waals surface area contributed by atoms with E-state index in [-0.39, 0.29) is 36.1 Å². The molecule has 0 aromatic heterocycles. The second kappa shape index (κ2) is 8.36. The number of phenolic OH excluding ortho intramolecular Hbond substituents is 1. The van der Waals surface area contributed by atoms with E-state index in [4.69, 9.17) is 11.0 Å². The van der Waals surface area contributed by atoms with E-state index in [2.05, 4.69) is 11.8 Å². The van der Waals surface area contributed by atoms with E-state index in [0.717, 1.165) is 0 Å². The van der Waals surface area contributed by atoms with Crippen LogP contribution in [-0.2, 0) is 20.8 Å². The lowest BCUT2D eigenvalue weighted by atomic mass is 9.59. The third kappa shape index (κ3) is 3.33. The number of nitrogens with zero attached hydrogens (tertiary/aromatic N) is 1. The van der Waals surface area contributed by atoms with Crippen molar-refractivity contribution in [3.05, 3.63) is 45.7 Å². The molecule has 0 heterocycles. The predicted octanol–water partition coefficient (Wildman–Crippen LogP) is 1.47. The standard InChI is InChI=1S/C25H22N2O7/c26-8-4-2-1-3-5-12-6-7-16(28)19-15(12)10-13-9-14-11-17(29)20(24(27)33)23(32)25(14,34)22(31)18(13)21(19)30/h6-7,13-14,28,30,32,34H,1-2,4,9-11H2,(H2,27,33). The first-order valence-corrected chi connectivity index (χ1v) is 10.8. The van der Waals surface area contributed by atoms with E-state index in [9.17, 15) is 34.8 Å². The SMILES string of the molecule is N#CCCCC#Cc1ccc(O)c2c1CC1CC3CC(=O)C(C(N)=O)=C(O)C3(O)C(=O)C1=C2O. The molecule has 9 heteroatoms. The van der Waals surface area contributed by atoms with Crippen LogP contribution in [0.1, 0.15) is 48.8 Å². The van der Waals surface area contributed by atoms with Crippen LogP contribution in [0.2, 0.25) is 0 Å². The zero-order valence-corrected chi connectivity index (χ0v) is 18.1. The summed E-state index contributed by atoms with van der Waals surface area (Å²) in [6.45, 7) is 0. The van der Waals surface area contributed by atoms with E-state index in [1.165, 1.54) is 6.07 Å². The van der Waals surface area contributed by atoms with Crippen LogP contribution >= 0.6 is 0 Å². The van der Waals surface area contributed by atoms with Gasteiger partial charge in [-0.15, -0.1) is 0 Å². The Morgan fingerprint density at radius 2 is 1.91 bits per heavy atom. The van der Waals surface area contributed by atoms with Gasteiger partial charge in [0.2, 0.25) is 5.78 Å². The van der Waals surface area contributed by atoms with Crippen molar-refractivity contribution in [1.82, 2.24) is 0 Å². The number of Topliss-reactive ketones (excluding diaryl/α,β-unsaturated/α-hetero) is 2. The van der Waals surface area contributed by atoms with Gasteiger partial charge >= 0.3 is 0 Å². The second-order valence-corrected chi connectivity index (χ2v) is 8.71. The molecule has 4 rings (SSSR count). The summed E-state index contributed by atoms with van der Waals surface area (Å²) in [5.74, 6) is -0.652. The van der Waals surface area contributed by atoms with Crippen LogP contribution < -0.4 is 5.73 Å². The van der Waals surface area contributed by atoms with E-state index >= 15 is 0 Å². The molecule has 174 valence electrons. The zero-order valence-electron chi connectivity index (χ0n) is 18.1. The quantitative estimate of drug-likeness (QED) is 0.254. The third-order valence-corrected chi connectivity index (χ3v) is 6.76. The van der Waals surface area contributed by atoms with E-state index < -0.39 is 52.0 Å². The highest BCUT2D eigenvalue weighted by Crippen LogP contribution is 2.52. The summed E-state index contributed by atoms with van der Waals surface area (Å²) in [6, 6.07) is 4.98. The number of aliphatic hydroxyl groups is 3. The maximum Gasteiger partial charge on any atom is 0.255 e. The van der Waals surface area contributed by atoms with Gasteiger partial charge in [-0.1, -0.05) is 11.8 Å². The van der Waals surface area contributed by atoms with Crippen LogP contribution in [0.15, 0.2) is 29.0 Å². The molecule has 0 bridgehead atoms. The summed E-state index contributed by atoms with van der Waals surface area (Å²) in [6.07, 6.45) is 1.37. The van der Waals surface area contributed by atoms with Gasteiger partial charge in [-0.3, -0.25) is 14.4 Å². The molecule has 6 N–H and O–H groups in total. The number of primary amides is 1. The smallest absolute Gasteiger partial charge is 0.255 e. The largest absolute Gasteiger partial charge is 0.508 e. The lowest BCUT2D eigenvalue weighted by Gasteiger charge is -2.46. The molecule has 3 aliphatic rings. The molecule has 0 aliphatic heterocycles. The Morgan fingerprint density at radius 3 is 2.59 bits per heavy atom. The van der Waals surface area contributed by atoms with Crippen LogP contribution in [0.25, 0.3) is 5.76 Å². The minimum atomic E-state index is -2.58. The number of nitrogens with two attached hydrogens (primary N) is 1. The molecule has 0 saturated heterocycles. The highest BCUT2D eigenvalue weighted by molar-refractivity contribution is 6.22. The topological polar surface area (TPSA) is 182 Å². The molecule has 34 heavy (non-hydrogen) atoms. The molecular weight excluding hydrogens is 440 g/mol. The minimum Gasteiger partial charge on any atom is -0.508 e. The average Bonchev–Trinajstić information content (AvgIpc) is 2.77. The number of carbonyl (C=O) groups excluding carboxylic acids is 3. The molecule has 1 amide bonds. The molecule has 3 atom stereocenters. The Hall–Kier alpha value is -4.08. The summed E-state index contributed by atoms with van der Waals surface area (Å²) in [7, 11) is 0. The molecule has 1 aromatic carbocycles.